The minimum atomic E-state index is -0.191. The second-order valence-electron chi connectivity index (χ2n) is 6.26. The second-order valence-corrected chi connectivity index (χ2v) is 6.26. The first-order valence-corrected chi connectivity index (χ1v) is 7.21. The van der Waals surface area contributed by atoms with Gasteiger partial charge < -0.3 is 15.5 Å². The monoisotopic (exact) mass is 253 g/mol. The molecule has 4 nitrogen and oxygen atoms in total. The zero-order chi connectivity index (χ0) is 13.3. The van der Waals surface area contributed by atoms with E-state index in [2.05, 4.69) is 18.7 Å². The standard InChI is InChI=1S/C14H27N3O/c1-11(2)17-8-4-12(5-9-17)16(3)13(18)14(10-15)6-7-14/h11-12H,4-10,15H2,1-3H3. The fourth-order valence-electron chi connectivity index (χ4n) is 2.99. The van der Waals surface area contributed by atoms with Crippen molar-refractivity contribution in [3.63, 3.8) is 0 Å². The number of likely N-dealkylation sites (tertiary alicyclic amines) is 1. The lowest BCUT2D eigenvalue weighted by Gasteiger charge is -2.39. The average Bonchev–Trinajstić information content (AvgIpc) is 3.18. The number of hydrogen-bond donors (Lipinski definition) is 1. The molecular weight excluding hydrogens is 226 g/mol. The van der Waals surface area contributed by atoms with E-state index in [1.807, 2.05) is 11.9 Å². The molecule has 18 heavy (non-hydrogen) atoms. The van der Waals surface area contributed by atoms with Crippen molar-refractivity contribution in [2.75, 3.05) is 26.7 Å². The van der Waals surface area contributed by atoms with Crippen LogP contribution in [-0.2, 0) is 4.79 Å². The summed E-state index contributed by atoms with van der Waals surface area (Å²) in [5.74, 6) is 0.285. The molecule has 0 radical (unpaired) electrons. The van der Waals surface area contributed by atoms with E-state index in [9.17, 15) is 4.79 Å². The van der Waals surface area contributed by atoms with Crippen LogP contribution < -0.4 is 5.73 Å². The molecule has 1 saturated carbocycles. The molecule has 2 aliphatic rings. The smallest absolute Gasteiger partial charge is 0.230 e. The second kappa shape index (κ2) is 5.17. The molecule has 0 aromatic rings. The van der Waals surface area contributed by atoms with E-state index in [0.29, 0.717) is 18.6 Å². The molecule has 0 aromatic carbocycles. The number of piperidine rings is 1. The van der Waals surface area contributed by atoms with E-state index in [4.69, 9.17) is 5.73 Å². The number of carbonyl (C=O) groups excluding carboxylic acids is 1. The number of hydrogen-bond acceptors (Lipinski definition) is 3. The molecule has 0 atom stereocenters. The number of nitrogens with two attached hydrogens (primary N) is 1. The van der Waals surface area contributed by atoms with E-state index >= 15 is 0 Å². The maximum absolute atomic E-state index is 12.4. The first-order chi connectivity index (χ1) is 8.50. The molecule has 1 aliphatic carbocycles. The fourth-order valence-corrected chi connectivity index (χ4v) is 2.99. The van der Waals surface area contributed by atoms with Crippen molar-refractivity contribution < 1.29 is 4.79 Å². The highest BCUT2D eigenvalue weighted by Gasteiger charge is 2.50. The molecule has 0 unspecified atom stereocenters. The predicted molar refractivity (Wildman–Crippen MR) is 73.2 cm³/mol. The average molecular weight is 253 g/mol. The largest absolute Gasteiger partial charge is 0.342 e. The lowest BCUT2D eigenvalue weighted by atomic mass is 9.99. The fraction of sp³-hybridized carbons (Fsp3) is 0.929. The third kappa shape index (κ3) is 2.54. The highest BCUT2D eigenvalue weighted by Crippen LogP contribution is 2.46. The van der Waals surface area contributed by atoms with Crippen molar-refractivity contribution in [2.24, 2.45) is 11.1 Å². The Morgan fingerprint density at radius 3 is 2.33 bits per heavy atom. The normalized spacial score (nSPS) is 24.3. The van der Waals surface area contributed by atoms with Crippen LogP contribution in [0.1, 0.15) is 39.5 Å². The summed E-state index contributed by atoms with van der Waals surface area (Å²) in [4.78, 5) is 16.9. The zero-order valence-electron chi connectivity index (χ0n) is 12.0. The molecule has 104 valence electrons. The Morgan fingerprint density at radius 2 is 1.94 bits per heavy atom. The van der Waals surface area contributed by atoms with Gasteiger partial charge in [-0.3, -0.25) is 4.79 Å². The van der Waals surface area contributed by atoms with Crippen LogP contribution >= 0.6 is 0 Å². The maximum atomic E-state index is 12.4. The van der Waals surface area contributed by atoms with Gasteiger partial charge in [-0.25, -0.2) is 0 Å². The molecule has 2 N–H and O–H groups in total. The summed E-state index contributed by atoms with van der Waals surface area (Å²) in [7, 11) is 1.97. The lowest BCUT2D eigenvalue weighted by Crippen LogP contribution is -2.50. The van der Waals surface area contributed by atoms with Gasteiger partial charge in [-0.05, 0) is 39.5 Å². The SMILES string of the molecule is CC(C)N1CCC(N(C)C(=O)C2(CN)CC2)CC1. The molecular formula is C14H27N3O. The molecule has 2 fully saturated rings. The van der Waals surface area contributed by atoms with Crippen LogP contribution in [0.15, 0.2) is 0 Å². The predicted octanol–water partition coefficient (Wildman–Crippen LogP) is 1.06. The molecule has 0 aromatic heterocycles. The van der Waals surface area contributed by atoms with Crippen LogP contribution in [0.25, 0.3) is 0 Å². The minimum Gasteiger partial charge on any atom is -0.342 e. The molecule has 0 bridgehead atoms. The maximum Gasteiger partial charge on any atom is 0.230 e. The molecule has 1 heterocycles. The van der Waals surface area contributed by atoms with Gasteiger partial charge in [0, 0.05) is 38.8 Å². The van der Waals surface area contributed by atoms with Crippen LogP contribution in [0.2, 0.25) is 0 Å². The molecule has 0 spiro atoms. The molecule has 1 aliphatic heterocycles. The van der Waals surface area contributed by atoms with Gasteiger partial charge in [-0.1, -0.05) is 0 Å². The van der Waals surface area contributed by atoms with Gasteiger partial charge in [0.15, 0.2) is 0 Å². The first-order valence-electron chi connectivity index (χ1n) is 7.21. The number of nitrogens with zero attached hydrogens (tertiary/aromatic N) is 2. The molecule has 1 saturated heterocycles. The van der Waals surface area contributed by atoms with E-state index in [1.54, 1.807) is 0 Å². The summed E-state index contributed by atoms with van der Waals surface area (Å²) in [6.07, 6.45) is 4.16. The number of rotatable bonds is 4. The van der Waals surface area contributed by atoms with Gasteiger partial charge in [0.25, 0.3) is 0 Å². The Hall–Kier alpha value is -0.610. The Bertz CT molecular complexity index is 304. The van der Waals surface area contributed by atoms with Crippen molar-refractivity contribution >= 4 is 5.91 Å². The van der Waals surface area contributed by atoms with E-state index < -0.39 is 0 Å². The third-order valence-electron chi connectivity index (χ3n) is 4.80. The van der Waals surface area contributed by atoms with Gasteiger partial charge in [-0.15, -0.1) is 0 Å². The Morgan fingerprint density at radius 1 is 1.39 bits per heavy atom. The highest BCUT2D eigenvalue weighted by atomic mass is 16.2. The Labute approximate surface area is 110 Å². The van der Waals surface area contributed by atoms with Crippen molar-refractivity contribution in [1.29, 1.82) is 0 Å². The molecule has 2 rings (SSSR count). The summed E-state index contributed by atoms with van der Waals surface area (Å²) in [5, 5.41) is 0. The van der Waals surface area contributed by atoms with Crippen LogP contribution in [0, 0.1) is 5.41 Å². The molecule has 4 heteroatoms. The Kier molecular flexibility index (Phi) is 3.97. The van der Waals surface area contributed by atoms with E-state index in [1.165, 1.54) is 0 Å². The number of carbonyl (C=O) groups is 1. The summed E-state index contributed by atoms with van der Waals surface area (Å²) in [6, 6.07) is 1.03. The van der Waals surface area contributed by atoms with Crippen LogP contribution in [0.5, 0.6) is 0 Å². The zero-order valence-corrected chi connectivity index (χ0v) is 12.0. The number of amides is 1. The van der Waals surface area contributed by atoms with Gasteiger partial charge >= 0.3 is 0 Å². The summed E-state index contributed by atoms with van der Waals surface area (Å²) in [5.41, 5.74) is 5.55. The van der Waals surface area contributed by atoms with Gasteiger partial charge in [0.1, 0.15) is 0 Å². The van der Waals surface area contributed by atoms with E-state index in [-0.39, 0.29) is 11.3 Å². The Balaban J connectivity index is 1.88. The van der Waals surface area contributed by atoms with Crippen molar-refractivity contribution in [1.82, 2.24) is 9.80 Å². The highest BCUT2D eigenvalue weighted by molar-refractivity contribution is 5.85. The van der Waals surface area contributed by atoms with Crippen molar-refractivity contribution in [3.05, 3.63) is 0 Å². The molecule has 1 amide bonds. The van der Waals surface area contributed by atoms with Gasteiger partial charge in [-0.2, -0.15) is 0 Å². The minimum absolute atomic E-state index is 0.191. The van der Waals surface area contributed by atoms with Crippen molar-refractivity contribution in [2.45, 2.75) is 51.6 Å². The third-order valence-corrected chi connectivity index (χ3v) is 4.80. The van der Waals surface area contributed by atoms with E-state index in [0.717, 1.165) is 38.8 Å². The van der Waals surface area contributed by atoms with Crippen LogP contribution in [-0.4, -0.2) is 54.5 Å². The van der Waals surface area contributed by atoms with Crippen LogP contribution in [0.4, 0.5) is 0 Å². The van der Waals surface area contributed by atoms with Gasteiger partial charge in [0.05, 0.1) is 5.41 Å². The summed E-state index contributed by atoms with van der Waals surface area (Å²) >= 11 is 0. The topological polar surface area (TPSA) is 49.6 Å². The van der Waals surface area contributed by atoms with Gasteiger partial charge in [0.2, 0.25) is 5.91 Å². The quantitative estimate of drug-likeness (QED) is 0.815. The first kappa shape index (κ1) is 13.8. The van der Waals surface area contributed by atoms with Crippen LogP contribution in [0.3, 0.4) is 0 Å². The van der Waals surface area contributed by atoms with Crippen molar-refractivity contribution in [3.8, 4) is 0 Å². The lowest BCUT2D eigenvalue weighted by molar-refractivity contribution is -0.138. The summed E-state index contributed by atoms with van der Waals surface area (Å²) < 4.78 is 0. The summed E-state index contributed by atoms with van der Waals surface area (Å²) in [6.45, 7) is 7.21.